The van der Waals surface area contributed by atoms with Crippen LogP contribution in [0.4, 0.5) is 0 Å². The molecule has 2 aromatic heterocycles. The van der Waals surface area contributed by atoms with Gasteiger partial charge in [-0.05, 0) is 36.3 Å². The number of nitrogens with zero attached hydrogens (tertiary/aromatic N) is 5. The second kappa shape index (κ2) is 7.29. The van der Waals surface area contributed by atoms with Gasteiger partial charge in [0.15, 0.2) is 0 Å². The molecule has 1 amide bonds. The number of hydrogen-bond donors (Lipinski definition) is 0. The van der Waals surface area contributed by atoms with Crippen LogP contribution in [0.25, 0.3) is 11.4 Å². The number of hydrogen-bond acceptors (Lipinski definition) is 5. The van der Waals surface area contributed by atoms with Gasteiger partial charge in [0.1, 0.15) is 18.1 Å². The zero-order valence-corrected chi connectivity index (χ0v) is 14.6. The van der Waals surface area contributed by atoms with Gasteiger partial charge in [0.05, 0.1) is 6.54 Å². The molecule has 0 bridgehead atoms. The first-order valence-electron chi connectivity index (χ1n) is 8.21. The molecule has 0 unspecified atom stereocenters. The molecule has 0 aliphatic heterocycles. The van der Waals surface area contributed by atoms with Gasteiger partial charge in [0.25, 0.3) is 0 Å². The zero-order chi connectivity index (χ0) is 17.8. The molecular formula is C18H21N5O2. The summed E-state index contributed by atoms with van der Waals surface area (Å²) in [5.41, 5.74) is 2.14. The van der Waals surface area contributed by atoms with Gasteiger partial charge in [-0.3, -0.25) is 4.79 Å². The summed E-state index contributed by atoms with van der Waals surface area (Å²) in [6.45, 7) is 4.43. The van der Waals surface area contributed by atoms with Gasteiger partial charge in [-0.15, -0.1) is 10.2 Å². The van der Waals surface area contributed by atoms with Gasteiger partial charge < -0.3 is 9.32 Å². The van der Waals surface area contributed by atoms with Crippen molar-refractivity contribution in [3.63, 3.8) is 0 Å². The fourth-order valence-corrected chi connectivity index (χ4v) is 2.45. The minimum absolute atomic E-state index is 0.0379. The highest BCUT2D eigenvalue weighted by Gasteiger charge is 2.14. The van der Waals surface area contributed by atoms with E-state index in [0.717, 1.165) is 23.5 Å². The minimum atomic E-state index is -0.112. The molecule has 0 saturated heterocycles. The number of aryl methyl sites for hydroxylation is 2. The molecule has 0 atom stereocenters. The van der Waals surface area contributed by atoms with Crippen LogP contribution in [0.2, 0.25) is 0 Å². The first-order chi connectivity index (χ1) is 12.0. The van der Waals surface area contributed by atoms with Gasteiger partial charge in [-0.1, -0.05) is 31.2 Å². The molecule has 3 aromatic rings. The zero-order valence-electron chi connectivity index (χ0n) is 14.6. The van der Waals surface area contributed by atoms with Gasteiger partial charge in [0.2, 0.25) is 11.7 Å². The molecule has 0 aliphatic carbocycles. The molecule has 0 N–H and O–H groups in total. The molecule has 7 nitrogen and oxygen atoms in total. The number of likely N-dealkylation sites (N-methyl/N-ethyl adjacent to an activating group) is 1. The first kappa shape index (κ1) is 16.9. The molecule has 25 heavy (non-hydrogen) atoms. The number of aromatic nitrogens is 4. The van der Waals surface area contributed by atoms with Crippen molar-refractivity contribution in [3.8, 4) is 11.4 Å². The summed E-state index contributed by atoms with van der Waals surface area (Å²) in [6, 6.07) is 11.8. The Morgan fingerprint density at radius 1 is 1.20 bits per heavy atom. The Bertz CT molecular complexity index is 850. The number of amides is 1. The molecular weight excluding hydrogens is 318 g/mol. The summed E-state index contributed by atoms with van der Waals surface area (Å²) in [6.07, 6.45) is 0.983. The lowest BCUT2D eigenvalue weighted by Crippen LogP contribution is -2.30. The molecule has 2 heterocycles. The van der Waals surface area contributed by atoms with Crippen molar-refractivity contribution in [1.82, 2.24) is 25.1 Å². The third-order valence-corrected chi connectivity index (χ3v) is 3.96. The molecule has 130 valence electrons. The lowest BCUT2D eigenvalue weighted by molar-refractivity contribution is -0.131. The van der Waals surface area contributed by atoms with E-state index in [2.05, 4.69) is 22.3 Å². The fourth-order valence-electron chi connectivity index (χ4n) is 2.45. The summed E-state index contributed by atoms with van der Waals surface area (Å²) in [5.74, 6) is 1.98. The number of rotatable bonds is 6. The Hall–Kier alpha value is -2.96. The third kappa shape index (κ3) is 4.12. The molecule has 0 radical (unpaired) electrons. The standard InChI is InChI=1S/C18H21N5O2/c1-4-14-6-8-15(9-7-14)18-19-21-23(20-18)12-17(24)22(3)11-16-10-5-13(2)25-16/h5-10H,4,11-12H2,1-3H3. The van der Waals surface area contributed by atoms with E-state index in [1.165, 1.54) is 10.4 Å². The maximum atomic E-state index is 12.3. The Balaban J connectivity index is 1.62. The highest BCUT2D eigenvalue weighted by molar-refractivity contribution is 5.75. The maximum absolute atomic E-state index is 12.3. The van der Waals surface area contributed by atoms with E-state index in [0.29, 0.717) is 12.4 Å². The highest BCUT2D eigenvalue weighted by atomic mass is 16.3. The maximum Gasteiger partial charge on any atom is 0.246 e. The molecule has 0 aliphatic rings. The summed E-state index contributed by atoms with van der Waals surface area (Å²) >= 11 is 0. The van der Waals surface area contributed by atoms with Crippen LogP contribution < -0.4 is 0 Å². The van der Waals surface area contributed by atoms with E-state index in [1.54, 1.807) is 11.9 Å². The van der Waals surface area contributed by atoms with Crippen LogP contribution >= 0.6 is 0 Å². The van der Waals surface area contributed by atoms with E-state index in [9.17, 15) is 4.79 Å². The van der Waals surface area contributed by atoms with E-state index >= 15 is 0 Å². The van der Waals surface area contributed by atoms with E-state index in [-0.39, 0.29) is 12.5 Å². The summed E-state index contributed by atoms with van der Waals surface area (Å²) in [5, 5.41) is 12.3. The van der Waals surface area contributed by atoms with Crippen molar-refractivity contribution in [2.45, 2.75) is 33.4 Å². The van der Waals surface area contributed by atoms with Crippen LogP contribution in [0.5, 0.6) is 0 Å². The van der Waals surface area contributed by atoms with Crippen molar-refractivity contribution in [1.29, 1.82) is 0 Å². The Morgan fingerprint density at radius 3 is 2.60 bits per heavy atom. The van der Waals surface area contributed by atoms with Gasteiger partial charge >= 0.3 is 0 Å². The predicted octanol–water partition coefficient (Wildman–Crippen LogP) is 2.46. The van der Waals surface area contributed by atoms with Crippen LogP contribution in [-0.2, 0) is 24.3 Å². The van der Waals surface area contributed by atoms with Crippen molar-refractivity contribution in [2.24, 2.45) is 0 Å². The topological polar surface area (TPSA) is 77.0 Å². The van der Waals surface area contributed by atoms with Crippen LogP contribution in [0.3, 0.4) is 0 Å². The first-order valence-corrected chi connectivity index (χ1v) is 8.21. The van der Waals surface area contributed by atoms with Gasteiger partial charge in [0, 0.05) is 12.6 Å². The van der Waals surface area contributed by atoms with Crippen LogP contribution in [0, 0.1) is 6.92 Å². The van der Waals surface area contributed by atoms with Gasteiger partial charge in [-0.2, -0.15) is 4.80 Å². The highest BCUT2D eigenvalue weighted by Crippen LogP contribution is 2.15. The Morgan fingerprint density at radius 2 is 1.96 bits per heavy atom. The van der Waals surface area contributed by atoms with Crippen molar-refractivity contribution < 1.29 is 9.21 Å². The van der Waals surface area contributed by atoms with E-state index < -0.39 is 0 Å². The van der Waals surface area contributed by atoms with Crippen LogP contribution in [-0.4, -0.2) is 38.1 Å². The minimum Gasteiger partial charge on any atom is -0.464 e. The number of carbonyl (C=O) groups excluding carboxylic acids is 1. The van der Waals surface area contributed by atoms with Crippen molar-refractivity contribution in [3.05, 3.63) is 53.5 Å². The number of furan rings is 1. The second-order valence-electron chi connectivity index (χ2n) is 5.96. The second-order valence-corrected chi connectivity index (χ2v) is 5.96. The summed E-state index contributed by atoms with van der Waals surface area (Å²) < 4.78 is 5.49. The quantitative estimate of drug-likeness (QED) is 0.689. The largest absolute Gasteiger partial charge is 0.464 e. The average molecular weight is 339 g/mol. The van der Waals surface area contributed by atoms with Crippen LogP contribution in [0.15, 0.2) is 40.8 Å². The molecule has 0 spiro atoms. The number of tetrazole rings is 1. The summed E-state index contributed by atoms with van der Waals surface area (Å²) in [4.78, 5) is 15.2. The van der Waals surface area contributed by atoms with E-state index in [1.807, 2.05) is 43.3 Å². The monoisotopic (exact) mass is 339 g/mol. The number of carbonyl (C=O) groups is 1. The molecule has 0 saturated carbocycles. The van der Waals surface area contributed by atoms with Gasteiger partial charge in [-0.25, -0.2) is 0 Å². The fraction of sp³-hybridized carbons (Fsp3) is 0.333. The third-order valence-electron chi connectivity index (χ3n) is 3.96. The van der Waals surface area contributed by atoms with Crippen molar-refractivity contribution >= 4 is 5.91 Å². The molecule has 0 fully saturated rings. The number of benzene rings is 1. The van der Waals surface area contributed by atoms with Crippen LogP contribution in [0.1, 0.15) is 24.0 Å². The summed E-state index contributed by atoms with van der Waals surface area (Å²) in [7, 11) is 1.72. The lowest BCUT2D eigenvalue weighted by atomic mass is 10.1. The normalized spacial score (nSPS) is 10.8. The SMILES string of the molecule is CCc1ccc(-c2nnn(CC(=O)N(C)Cc3ccc(C)o3)n2)cc1. The Labute approximate surface area is 146 Å². The van der Waals surface area contributed by atoms with E-state index in [4.69, 9.17) is 4.42 Å². The molecule has 3 rings (SSSR count). The average Bonchev–Trinajstić information content (AvgIpc) is 3.24. The smallest absolute Gasteiger partial charge is 0.246 e. The molecule has 7 heteroatoms. The molecule has 1 aromatic carbocycles. The predicted molar refractivity (Wildman–Crippen MR) is 92.6 cm³/mol. The lowest BCUT2D eigenvalue weighted by Gasteiger charge is -2.14. The Kier molecular flexibility index (Phi) is 4.92. The van der Waals surface area contributed by atoms with Crippen molar-refractivity contribution in [2.75, 3.05) is 7.05 Å².